The van der Waals surface area contributed by atoms with Crippen LogP contribution in [0.1, 0.15) is 399 Å². The van der Waals surface area contributed by atoms with E-state index >= 15 is 0 Å². The molecule has 0 aromatic carbocycles. The number of allylic oxidation sites excluding steroid dienone is 18. The largest absolute Gasteiger partial charge is 0.472 e. The predicted octanol–water partition coefficient (Wildman–Crippen LogP) is 28.0. The zero-order chi connectivity index (χ0) is 70.0. The van der Waals surface area contributed by atoms with Crippen LogP contribution in [0, 0.1) is 0 Å². The summed E-state index contributed by atoms with van der Waals surface area (Å²) in [4.78, 5) is 35.5. The van der Waals surface area contributed by atoms with Gasteiger partial charge < -0.3 is 20.1 Å². The number of phosphoric ester groups is 1. The molecule has 2 unspecified atom stereocenters. The highest BCUT2D eigenvalue weighted by atomic mass is 31.2. The van der Waals surface area contributed by atoms with Crippen molar-refractivity contribution in [2.24, 2.45) is 5.73 Å². The van der Waals surface area contributed by atoms with Gasteiger partial charge in [0.2, 0.25) is 0 Å². The van der Waals surface area contributed by atoms with Crippen molar-refractivity contribution in [1.29, 1.82) is 0 Å². The lowest BCUT2D eigenvalue weighted by Gasteiger charge is -2.19. The van der Waals surface area contributed by atoms with Gasteiger partial charge in [-0.25, -0.2) is 4.57 Å². The Kier molecular flexibility index (Phi) is 78.8. The van der Waals surface area contributed by atoms with E-state index in [1.165, 1.54) is 276 Å². The molecule has 0 aromatic rings. The molecule has 0 rings (SSSR count). The number of hydrogen-bond acceptors (Lipinski definition) is 8. The molecule has 3 N–H and O–H groups in total. The summed E-state index contributed by atoms with van der Waals surface area (Å²) in [5.41, 5.74) is 5.42. The van der Waals surface area contributed by atoms with Gasteiger partial charge in [-0.15, -0.1) is 0 Å². The van der Waals surface area contributed by atoms with Gasteiger partial charge in [-0.1, -0.05) is 393 Å². The molecule has 0 aliphatic heterocycles. The van der Waals surface area contributed by atoms with Crippen molar-refractivity contribution >= 4 is 19.8 Å². The highest BCUT2D eigenvalue weighted by Crippen LogP contribution is 2.43. The molecule has 0 fully saturated rings. The van der Waals surface area contributed by atoms with E-state index in [1.54, 1.807) is 0 Å². The van der Waals surface area contributed by atoms with Crippen LogP contribution in [-0.2, 0) is 32.7 Å². The van der Waals surface area contributed by atoms with Crippen molar-refractivity contribution in [3.8, 4) is 0 Å². The standard InChI is InChI=1S/C87H156NO8P/c1-3-5-7-9-11-13-15-17-19-21-23-25-27-29-31-33-35-37-39-41-42-44-46-48-50-52-54-56-58-60-62-64-66-68-70-72-74-76-78-80-87(90)96-85(84-95-97(91,92)94-82-81-88)83-93-86(89)79-77-75-73-71-69-67-65-63-61-59-57-55-53-51-49-47-45-43-40-38-36-34-32-30-28-26-24-22-20-18-16-14-12-10-8-6-4-2/h5,7,11,13,17,19,22-25,29,31,35,37,41-42,46,48,85H,3-4,6,8-10,12,14-16,18,20-21,26-28,30,32-34,36,38-40,43-45,47,49-84,88H2,1-2H3,(H,91,92)/b7-5-,13-11-,19-17-,24-22-,25-23-,31-29-,37-35-,42-41-,48-46-. The first-order chi connectivity index (χ1) is 47.8. The number of carbonyl (C=O) groups is 2. The first-order valence-corrected chi connectivity index (χ1v) is 42.9. The number of phosphoric acid groups is 1. The van der Waals surface area contributed by atoms with Crippen LogP contribution in [0.4, 0.5) is 0 Å². The van der Waals surface area contributed by atoms with Crippen LogP contribution in [0.25, 0.3) is 0 Å². The maximum atomic E-state index is 12.8. The highest BCUT2D eigenvalue weighted by Gasteiger charge is 2.26. The van der Waals surface area contributed by atoms with Gasteiger partial charge in [-0.3, -0.25) is 18.6 Å². The molecule has 0 saturated carbocycles. The van der Waals surface area contributed by atoms with Crippen molar-refractivity contribution in [3.63, 3.8) is 0 Å². The zero-order valence-electron chi connectivity index (χ0n) is 63.6. The monoisotopic (exact) mass is 1370 g/mol. The number of unbranched alkanes of at least 4 members (excludes halogenated alkanes) is 47. The lowest BCUT2D eigenvalue weighted by atomic mass is 10.0. The Morgan fingerprint density at radius 3 is 0.856 bits per heavy atom. The molecule has 0 amide bonds. The average Bonchev–Trinajstić information content (AvgIpc) is 2.88. The SMILES string of the molecule is CC/C=C\C/C=C\C/C=C\C/C=C\C/C=C\C/C=C\C/C=C\C/C=C\CCCCCCCCCCCCCCCCC(=O)OC(COC(=O)CCCCCCCCCCCCCCCCCCCCCCCCCCC/C=C\CCCCCCCCCC)COP(=O)(O)OCCN. The molecule has 0 spiro atoms. The summed E-state index contributed by atoms with van der Waals surface area (Å²) >= 11 is 0. The lowest BCUT2D eigenvalue weighted by molar-refractivity contribution is -0.161. The summed E-state index contributed by atoms with van der Waals surface area (Å²) in [6, 6.07) is 0. The van der Waals surface area contributed by atoms with E-state index in [2.05, 4.69) is 123 Å². The van der Waals surface area contributed by atoms with Crippen LogP contribution in [0.15, 0.2) is 109 Å². The van der Waals surface area contributed by atoms with E-state index in [1.807, 2.05) is 0 Å². The summed E-state index contributed by atoms with van der Waals surface area (Å²) in [7, 11) is -4.40. The van der Waals surface area contributed by atoms with Gasteiger partial charge in [-0.05, 0) is 103 Å². The van der Waals surface area contributed by atoms with Gasteiger partial charge in [0.25, 0.3) is 0 Å². The Bertz CT molecular complexity index is 1970. The normalized spacial score (nSPS) is 13.4. The Morgan fingerprint density at radius 1 is 0.320 bits per heavy atom. The fourth-order valence-electron chi connectivity index (χ4n) is 12.1. The second kappa shape index (κ2) is 81.6. The van der Waals surface area contributed by atoms with Gasteiger partial charge in [0.05, 0.1) is 13.2 Å². The molecular formula is C87H156NO8P. The average molecular weight is 1380 g/mol. The van der Waals surface area contributed by atoms with Crippen LogP contribution >= 0.6 is 7.82 Å². The molecular weight excluding hydrogens is 1220 g/mol. The number of rotatable bonds is 78. The van der Waals surface area contributed by atoms with Crippen LogP contribution in [0.5, 0.6) is 0 Å². The molecule has 0 aliphatic carbocycles. The molecule has 0 heterocycles. The Hall–Kier alpha value is -3.33. The molecule has 2 atom stereocenters. The van der Waals surface area contributed by atoms with Crippen LogP contribution in [-0.4, -0.2) is 49.3 Å². The number of hydrogen-bond donors (Lipinski definition) is 2. The zero-order valence-corrected chi connectivity index (χ0v) is 64.4. The topological polar surface area (TPSA) is 134 Å². The summed E-state index contributed by atoms with van der Waals surface area (Å²) in [6.07, 6.45) is 114. The molecule has 9 nitrogen and oxygen atoms in total. The molecule has 0 bridgehead atoms. The summed E-state index contributed by atoms with van der Waals surface area (Å²) in [5, 5.41) is 0. The number of esters is 2. The molecule has 10 heteroatoms. The van der Waals surface area contributed by atoms with Gasteiger partial charge in [0.15, 0.2) is 6.10 Å². The predicted molar refractivity (Wildman–Crippen MR) is 422 cm³/mol. The molecule has 0 aliphatic rings. The third kappa shape index (κ3) is 81.5. The summed E-state index contributed by atoms with van der Waals surface area (Å²) in [5.74, 6) is -0.813. The Morgan fingerprint density at radius 2 is 0.567 bits per heavy atom. The first-order valence-electron chi connectivity index (χ1n) is 41.4. The van der Waals surface area contributed by atoms with Crippen LogP contribution in [0.2, 0.25) is 0 Å². The van der Waals surface area contributed by atoms with Gasteiger partial charge >= 0.3 is 19.8 Å². The van der Waals surface area contributed by atoms with Crippen molar-refractivity contribution in [2.45, 2.75) is 405 Å². The van der Waals surface area contributed by atoms with Gasteiger partial charge in [-0.2, -0.15) is 0 Å². The minimum absolute atomic E-state index is 0.0519. The Balaban J connectivity index is 3.80. The van der Waals surface area contributed by atoms with Crippen molar-refractivity contribution in [3.05, 3.63) is 109 Å². The fraction of sp³-hybridized carbons (Fsp3) is 0.770. The number of ether oxygens (including phenoxy) is 2. The molecule has 0 aromatic heterocycles. The smallest absolute Gasteiger partial charge is 0.462 e. The van der Waals surface area contributed by atoms with Crippen molar-refractivity contribution in [1.82, 2.24) is 0 Å². The van der Waals surface area contributed by atoms with E-state index in [4.69, 9.17) is 24.3 Å². The summed E-state index contributed by atoms with van der Waals surface area (Å²) < 4.78 is 33.3. The second-order valence-corrected chi connectivity index (χ2v) is 29.1. The molecule has 0 saturated heterocycles. The second-order valence-electron chi connectivity index (χ2n) is 27.6. The molecule has 97 heavy (non-hydrogen) atoms. The minimum Gasteiger partial charge on any atom is -0.462 e. The minimum atomic E-state index is -4.40. The van der Waals surface area contributed by atoms with Crippen molar-refractivity contribution < 1.29 is 37.6 Å². The third-order valence-corrected chi connectivity index (χ3v) is 19.1. The molecule has 562 valence electrons. The number of nitrogens with two attached hydrogens (primary N) is 1. The van der Waals surface area contributed by atoms with E-state index in [-0.39, 0.29) is 38.6 Å². The lowest BCUT2D eigenvalue weighted by Crippen LogP contribution is -2.29. The number of carbonyl (C=O) groups excluding carboxylic acids is 2. The summed E-state index contributed by atoms with van der Waals surface area (Å²) in [6.45, 7) is 3.68. The third-order valence-electron chi connectivity index (χ3n) is 18.1. The Labute approximate surface area is 600 Å². The van der Waals surface area contributed by atoms with E-state index in [9.17, 15) is 19.0 Å². The van der Waals surface area contributed by atoms with E-state index < -0.39 is 26.5 Å². The fourth-order valence-corrected chi connectivity index (χ4v) is 12.8. The maximum Gasteiger partial charge on any atom is 0.472 e. The van der Waals surface area contributed by atoms with Crippen LogP contribution in [0.3, 0.4) is 0 Å². The quantitative estimate of drug-likeness (QED) is 0.0264. The maximum absolute atomic E-state index is 12.8. The van der Waals surface area contributed by atoms with Gasteiger partial charge in [0.1, 0.15) is 6.61 Å². The highest BCUT2D eigenvalue weighted by molar-refractivity contribution is 7.47. The van der Waals surface area contributed by atoms with Gasteiger partial charge in [0, 0.05) is 19.4 Å². The molecule has 0 radical (unpaired) electrons. The van der Waals surface area contributed by atoms with E-state index in [0.717, 1.165) is 89.9 Å². The van der Waals surface area contributed by atoms with Crippen molar-refractivity contribution in [2.75, 3.05) is 26.4 Å². The first kappa shape index (κ1) is 93.7. The van der Waals surface area contributed by atoms with E-state index in [0.29, 0.717) is 6.42 Å². The van der Waals surface area contributed by atoms with Crippen LogP contribution < -0.4 is 5.73 Å².